The second-order valence-electron chi connectivity index (χ2n) is 10.9. The van der Waals surface area contributed by atoms with Gasteiger partial charge in [0, 0.05) is 13.1 Å². The monoisotopic (exact) mass is 666 g/mol. The summed E-state index contributed by atoms with van der Waals surface area (Å²) in [7, 11) is 0. The molecule has 12 nitrogen and oxygen atoms in total. The normalized spacial score (nSPS) is 15.7. The van der Waals surface area contributed by atoms with E-state index in [0.717, 1.165) is 0 Å². The van der Waals surface area contributed by atoms with E-state index in [9.17, 15) is 19.2 Å². The van der Waals surface area contributed by atoms with E-state index in [1.165, 1.54) is 0 Å². The average Bonchev–Trinajstić information content (AvgIpc) is 3.12. The van der Waals surface area contributed by atoms with Gasteiger partial charge in [-0.25, -0.2) is 0 Å². The zero-order valence-corrected chi connectivity index (χ0v) is 26.9. The molecule has 4 aromatic carbocycles. The molecule has 0 fully saturated rings. The van der Waals surface area contributed by atoms with E-state index in [-0.39, 0.29) is 60.7 Å². The summed E-state index contributed by atoms with van der Waals surface area (Å²) in [6.45, 7) is 0.654. The van der Waals surface area contributed by atoms with Gasteiger partial charge < -0.3 is 40.2 Å². The second-order valence-corrected chi connectivity index (χ2v) is 10.9. The summed E-state index contributed by atoms with van der Waals surface area (Å²) >= 11 is 0. The molecule has 254 valence electrons. The van der Waals surface area contributed by atoms with Crippen molar-refractivity contribution in [1.29, 1.82) is 0 Å². The summed E-state index contributed by atoms with van der Waals surface area (Å²) < 4.78 is 23.4. The van der Waals surface area contributed by atoms with Crippen molar-refractivity contribution in [2.75, 3.05) is 50.2 Å². The van der Waals surface area contributed by atoms with E-state index in [4.69, 9.17) is 18.9 Å². The van der Waals surface area contributed by atoms with Crippen molar-refractivity contribution in [3.05, 3.63) is 108 Å². The lowest BCUT2D eigenvalue weighted by atomic mass is 10.2. The Morgan fingerprint density at radius 3 is 1.27 bits per heavy atom. The van der Waals surface area contributed by atoms with Crippen molar-refractivity contribution in [3.63, 3.8) is 0 Å². The van der Waals surface area contributed by atoms with Crippen LogP contribution in [0, 0.1) is 0 Å². The molecular weight excluding hydrogens is 628 g/mol. The van der Waals surface area contributed by atoms with E-state index < -0.39 is 11.8 Å². The lowest BCUT2D eigenvalue weighted by Crippen LogP contribution is -2.30. The molecule has 0 saturated heterocycles. The standard InChI is InChI=1S/C37H38N4O8/c42-34-24-48-30-16-5-1-12-26(30)36(44)38-20-11-21-39-37(45)27-13-2-6-17-31(27)49-25-35(43)41-29-15-4-8-19-33(29)47-23-10-9-22-46-32-18-7-3-14-28(32)40-34/h1-8,12-19H,9-11,20-25H2,(H,38,44)(H,39,45)(H,40,42)(H,41,43). The fourth-order valence-corrected chi connectivity index (χ4v) is 4.86. The van der Waals surface area contributed by atoms with Gasteiger partial charge in [0.15, 0.2) is 13.2 Å². The Bertz CT molecular complexity index is 1630. The Balaban J connectivity index is 1.27. The summed E-state index contributed by atoms with van der Waals surface area (Å²) in [6.07, 6.45) is 1.77. The number of ether oxygens (including phenoxy) is 4. The lowest BCUT2D eigenvalue weighted by molar-refractivity contribution is -0.118. The number of rotatable bonds is 0. The molecule has 0 radical (unpaired) electrons. The van der Waals surface area contributed by atoms with Crippen LogP contribution in [0.2, 0.25) is 0 Å². The maximum absolute atomic E-state index is 12.9. The number of fused-ring (bicyclic) bond motifs is 4. The topological polar surface area (TPSA) is 153 Å². The number of benzene rings is 4. The summed E-state index contributed by atoms with van der Waals surface area (Å²) in [4.78, 5) is 51.5. The van der Waals surface area contributed by atoms with Crippen LogP contribution in [0.25, 0.3) is 0 Å². The molecule has 0 spiro atoms. The summed E-state index contributed by atoms with van der Waals surface area (Å²) in [5, 5.41) is 11.3. The van der Waals surface area contributed by atoms with E-state index in [1.807, 2.05) is 12.1 Å². The molecule has 0 aromatic heterocycles. The van der Waals surface area contributed by atoms with Crippen LogP contribution in [-0.4, -0.2) is 63.1 Å². The Kier molecular flexibility index (Phi) is 12.4. The van der Waals surface area contributed by atoms with E-state index >= 15 is 0 Å². The van der Waals surface area contributed by atoms with Crippen LogP contribution in [0.1, 0.15) is 40.0 Å². The van der Waals surface area contributed by atoms with Crippen LogP contribution >= 0.6 is 0 Å². The zero-order chi connectivity index (χ0) is 34.3. The Morgan fingerprint density at radius 2 is 0.816 bits per heavy atom. The summed E-state index contributed by atoms with van der Waals surface area (Å²) in [6, 6.07) is 27.5. The zero-order valence-electron chi connectivity index (χ0n) is 26.9. The van der Waals surface area contributed by atoms with Crippen LogP contribution in [-0.2, 0) is 9.59 Å². The first kappa shape index (κ1) is 34.3. The summed E-state index contributed by atoms with van der Waals surface area (Å²) in [5.74, 6) is -0.0669. The number of hydrogen-bond donors (Lipinski definition) is 4. The molecule has 0 aliphatic carbocycles. The van der Waals surface area contributed by atoms with E-state index in [2.05, 4.69) is 21.3 Å². The van der Waals surface area contributed by atoms with Crippen molar-refractivity contribution in [2.24, 2.45) is 0 Å². The van der Waals surface area contributed by atoms with Gasteiger partial charge in [-0.1, -0.05) is 48.5 Å². The van der Waals surface area contributed by atoms with E-state index in [1.54, 1.807) is 84.9 Å². The minimum absolute atomic E-state index is 0.257. The highest BCUT2D eigenvalue weighted by Crippen LogP contribution is 2.26. The van der Waals surface area contributed by atoms with Crippen LogP contribution in [0.3, 0.4) is 0 Å². The van der Waals surface area contributed by atoms with Gasteiger partial charge in [-0.15, -0.1) is 0 Å². The van der Waals surface area contributed by atoms with Gasteiger partial charge in [0.1, 0.15) is 23.0 Å². The van der Waals surface area contributed by atoms with Crippen molar-refractivity contribution >= 4 is 35.0 Å². The third-order valence-corrected chi connectivity index (χ3v) is 7.28. The van der Waals surface area contributed by atoms with Crippen molar-refractivity contribution < 1.29 is 38.1 Å². The molecule has 1 heterocycles. The fourth-order valence-electron chi connectivity index (χ4n) is 4.86. The Labute approximate surface area is 284 Å². The first-order chi connectivity index (χ1) is 24.0. The number of carbonyl (C=O) groups is 4. The van der Waals surface area contributed by atoms with Crippen molar-refractivity contribution in [2.45, 2.75) is 19.3 Å². The minimum atomic E-state index is -0.419. The lowest BCUT2D eigenvalue weighted by Gasteiger charge is -2.15. The molecule has 0 saturated carbocycles. The van der Waals surface area contributed by atoms with Gasteiger partial charge in [-0.3, -0.25) is 19.2 Å². The molecule has 0 bridgehead atoms. The largest absolute Gasteiger partial charge is 0.491 e. The van der Waals surface area contributed by atoms with Crippen molar-refractivity contribution in [1.82, 2.24) is 10.6 Å². The smallest absolute Gasteiger partial charge is 0.262 e. The number of amides is 4. The molecule has 12 heteroatoms. The molecule has 4 amide bonds. The quantitative estimate of drug-likeness (QED) is 0.208. The predicted molar refractivity (Wildman–Crippen MR) is 184 cm³/mol. The van der Waals surface area contributed by atoms with Crippen LogP contribution in [0.5, 0.6) is 23.0 Å². The van der Waals surface area contributed by atoms with Gasteiger partial charge >= 0.3 is 0 Å². The number of nitrogens with one attached hydrogen (secondary N) is 4. The average molecular weight is 667 g/mol. The fraction of sp³-hybridized carbons (Fsp3) is 0.243. The second kappa shape index (κ2) is 17.8. The highest BCUT2D eigenvalue weighted by atomic mass is 16.5. The Hall–Kier alpha value is -6.04. The minimum Gasteiger partial charge on any atom is -0.491 e. The maximum atomic E-state index is 12.9. The van der Waals surface area contributed by atoms with Gasteiger partial charge in [-0.2, -0.15) is 0 Å². The predicted octanol–water partition coefficient (Wildman–Crippen LogP) is 4.82. The molecule has 5 rings (SSSR count). The summed E-state index contributed by atoms with van der Waals surface area (Å²) in [5.41, 5.74) is 1.53. The molecule has 4 aromatic rings. The maximum Gasteiger partial charge on any atom is 0.262 e. The molecule has 49 heavy (non-hydrogen) atoms. The number of hydrogen-bond acceptors (Lipinski definition) is 8. The molecule has 1 aliphatic rings. The third kappa shape index (κ3) is 10.2. The van der Waals surface area contributed by atoms with Gasteiger partial charge in [0.2, 0.25) is 0 Å². The van der Waals surface area contributed by atoms with Crippen LogP contribution in [0.4, 0.5) is 11.4 Å². The number of carbonyl (C=O) groups excluding carboxylic acids is 4. The first-order valence-electron chi connectivity index (χ1n) is 16.0. The van der Waals surface area contributed by atoms with Crippen molar-refractivity contribution in [3.8, 4) is 23.0 Å². The van der Waals surface area contributed by atoms with Crippen LogP contribution < -0.4 is 40.2 Å². The molecular formula is C37H38N4O8. The van der Waals surface area contributed by atoms with E-state index in [0.29, 0.717) is 55.4 Å². The third-order valence-electron chi connectivity index (χ3n) is 7.28. The van der Waals surface area contributed by atoms with Gasteiger partial charge in [0.05, 0.1) is 35.7 Å². The van der Waals surface area contributed by atoms with Crippen LogP contribution in [0.15, 0.2) is 97.1 Å². The molecule has 0 atom stereocenters. The highest BCUT2D eigenvalue weighted by molar-refractivity contribution is 5.98. The number of para-hydroxylation sites is 6. The molecule has 1 aliphatic heterocycles. The first-order valence-corrected chi connectivity index (χ1v) is 16.0. The number of anilines is 2. The highest BCUT2D eigenvalue weighted by Gasteiger charge is 2.16. The van der Waals surface area contributed by atoms with Gasteiger partial charge in [-0.05, 0) is 67.8 Å². The molecule has 4 N–H and O–H groups in total. The Morgan fingerprint density at radius 1 is 0.429 bits per heavy atom. The molecule has 0 unspecified atom stereocenters. The SMILES string of the molecule is O=C1COc2ccccc2C(=O)NCCCNC(=O)c2ccccc2OCC(=O)Nc2ccccc2OCCCCOc2ccccc2N1. The van der Waals surface area contributed by atoms with Gasteiger partial charge in [0.25, 0.3) is 23.6 Å².